The lowest BCUT2D eigenvalue weighted by Crippen LogP contribution is -2.34. The number of carbonyl (C=O) groups excluding carboxylic acids is 1. The molecule has 1 aliphatic carbocycles. The monoisotopic (exact) mass is 570 g/mol. The zero-order valence-corrected chi connectivity index (χ0v) is 22.1. The maximum Gasteiger partial charge on any atom is 0.349 e. The fourth-order valence-electron chi connectivity index (χ4n) is 5.54. The second-order valence-corrected chi connectivity index (χ2v) is 10.4. The molecular formula is C30H32F6O4. The molecule has 2 aromatic rings. The molecule has 1 saturated carbocycles. The van der Waals surface area contributed by atoms with Crippen LogP contribution in [0, 0.1) is 41.0 Å². The van der Waals surface area contributed by atoms with Crippen molar-refractivity contribution < 1.29 is 45.3 Å². The highest BCUT2D eigenvalue weighted by Gasteiger charge is 2.33. The van der Waals surface area contributed by atoms with Crippen molar-refractivity contribution in [3.63, 3.8) is 0 Å². The van der Waals surface area contributed by atoms with E-state index in [1.165, 1.54) is 25.7 Å². The molecule has 2 aliphatic rings. The number of rotatable bonds is 9. The van der Waals surface area contributed by atoms with Crippen LogP contribution in [-0.4, -0.2) is 25.6 Å². The number of benzene rings is 2. The van der Waals surface area contributed by atoms with Gasteiger partial charge in [-0.3, -0.25) is 0 Å². The fourth-order valence-corrected chi connectivity index (χ4v) is 5.54. The first-order valence-electron chi connectivity index (χ1n) is 13.5. The van der Waals surface area contributed by atoms with Crippen LogP contribution in [0.4, 0.5) is 26.3 Å². The maximum atomic E-state index is 14.8. The summed E-state index contributed by atoms with van der Waals surface area (Å²) >= 11 is 0. The standard InChI is InChI=1S/C30H32F6O4/c1-2-4-17-7-9-18(10-8-17)20-15-38-30(39-16-20)19-11-25(33)28(26(34)12-19)29(37)40-21-13-23(31)22(24(32)14-21)5-3-6-27(35)36/h3,6,11-14,17-18,20,27,30H,2,4-5,7-10,15-16H2,1H3. The van der Waals surface area contributed by atoms with Crippen molar-refractivity contribution in [1.29, 1.82) is 0 Å². The number of alkyl halides is 2. The number of hydrogen-bond acceptors (Lipinski definition) is 4. The molecule has 0 unspecified atom stereocenters. The number of ether oxygens (including phenoxy) is 3. The predicted octanol–water partition coefficient (Wildman–Crippen LogP) is 8.09. The Bertz CT molecular complexity index is 1150. The minimum absolute atomic E-state index is 0.0509. The largest absolute Gasteiger partial charge is 0.423 e. The summed E-state index contributed by atoms with van der Waals surface area (Å²) < 4.78 is 99.0. The molecule has 1 saturated heterocycles. The molecule has 2 fully saturated rings. The van der Waals surface area contributed by atoms with Gasteiger partial charge in [-0.05, 0) is 49.3 Å². The van der Waals surface area contributed by atoms with E-state index in [4.69, 9.17) is 14.2 Å². The van der Waals surface area contributed by atoms with E-state index in [2.05, 4.69) is 6.92 Å². The van der Waals surface area contributed by atoms with Crippen molar-refractivity contribution in [2.45, 2.75) is 64.6 Å². The molecule has 1 aliphatic heterocycles. The van der Waals surface area contributed by atoms with Crippen molar-refractivity contribution in [2.24, 2.45) is 17.8 Å². The molecule has 0 N–H and O–H groups in total. The van der Waals surface area contributed by atoms with Crippen LogP contribution in [0.2, 0.25) is 0 Å². The van der Waals surface area contributed by atoms with Gasteiger partial charge in [0, 0.05) is 29.2 Å². The van der Waals surface area contributed by atoms with E-state index in [1.807, 2.05) is 0 Å². The molecule has 0 amide bonds. The van der Waals surface area contributed by atoms with Gasteiger partial charge < -0.3 is 14.2 Å². The van der Waals surface area contributed by atoms with E-state index in [9.17, 15) is 31.1 Å². The summed E-state index contributed by atoms with van der Waals surface area (Å²) in [4.78, 5) is 12.5. The second-order valence-electron chi connectivity index (χ2n) is 10.4. The first kappa shape index (κ1) is 30.1. The minimum atomic E-state index is -2.78. The predicted molar refractivity (Wildman–Crippen MR) is 135 cm³/mol. The average molecular weight is 571 g/mol. The molecule has 0 radical (unpaired) electrons. The smallest absolute Gasteiger partial charge is 0.349 e. The van der Waals surface area contributed by atoms with E-state index >= 15 is 0 Å². The van der Waals surface area contributed by atoms with Gasteiger partial charge in [-0.15, -0.1) is 0 Å². The molecule has 0 spiro atoms. The Morgan fingerprint density at radius 3 is 2.08 bits per heavy atom. The number of allylic oxidation sites excluding steroid dienone is 2. The van der Waals surface area contributed by atoms with E-state index in [0.717, 1.165) is 37.0 Å². The zero-order valence-electron chi connectivity index (χ0n) is 22.1. The lowest BCUT2D eigenvalue weighted by Gasteiger charge is -2.37. The van der Waals surface area contributed by atoms with Crippen LogP contribution in [0.15, 0.2) is 36.4 Å². The number of esters is 1. The average Bonchev–Trinajstić information content (AvgIpc) is 2.90. The Labute approximate surface area is 229 Å². The summed E-state index contributed by atoms with van der Waals surface area (Å²) in [5.41, 5.74) is -1.53. The third kappa shape index (κ3) is 7.46. The second kappa shape index (κ2) is 13.7. The summed E-state index contributed by atoms with van der Waals surface area (Å²) in [6.07, 6.45) is 4.15. The van der Waals surface area contributed by atoms with Crippen LogP contribution < -0.4 is 4.74 Å². The van der Waals surface area contributed by atoms with Gasteiger partial charge in [-0.2, -0.15) is 0 Å². The van der Waals surface area contributed by atoms with Gasteiger partial charge in [-0.1, -0.05) is 38.7 Å². The van der Waals surface area contributed by atoms with Crippen molar-refractivity contribution in [2.75, 3.05) is 13.2 Å². The lowest BCUT2D eigenvalue weighted by molar-refractivity contribution is -0.215. The molecule has 1 heterocycles. The van der Waals surface area contributed by atoms with Gasteiger partial charge in [-0.25, -0.2) is 31.1 Å². The van der Waals surface area contributed by atoms with Crippen molar-refractivity contribution >= 4 is 5.97 Å². The lowest BCUT2D eigenvalue weighted by atomic mass is 9.75. The highest BCUT2D eigenvalue weighted by Crippen LogP contribution is 2.39. The first-order valence-corrected chi connectivity index (χ1v) is 13.5. The molecule has 40 heavy (non-hydrogen) atoms. The number of hydrogen-bond donors (Lipinski definition) is 0. The van der Waals surface area contributed by atoms with Crippen LogP contribution in [-0.2, 0) is 15.9 Å². The van der Waals surface area contributed by atoms with Crippen molar-refractivity contribution in [3.8, 4) is 5.75 Å². The highest BCUT2D eigenvalue weighted by atomic mass is 19.3. The summed E-state index contributed by atoms with van der Waals surface area (Å²) in [6, 6.07) is 3.07. The Kier molecular flexibility index (Phi) is 10.3. The van der Waals surface area contributed by atoms with Crippen LogP contribution in [0.1, 0.15) is 73.2 Å². The molecule has 0 atom stereocenters. The highest BCUT2D eigenvalue weighted by molar-refractivity contribution is 5.91. The van der Waals surface area contributed by atoms with E-state index in [1.54, 1.807) is 0 Å². The molecule has 4 nitrogen and oxygen atoms in total. The summed E-state index contributed by atoms with van der Waals surface area (Å²) in [5.74, 6) is -5.53. The quantitative estimate of drug-likeness (QED) is 0.132. The summed E-state index contributed by atoms with van der Waals surface area (Å²) in [5, 5.41) is 0. The van der Waals surface area contributed by atoms with E-state index < -0.39 is 65.3 Å². The van der Waals surface area contributed by atoms with Crippen LogP contribution >= 0.6 is 0 Å². The molecular weight excluding hydrogens is 538 g/mol. The van der Waals surface area contributed by atoms with Gasteiger partial charge in [0.05, 0.1) is 13.2 Å². The Hall–Kier alpha value is -2.85. The summed E-state index contributed by atoms with van der Waals surface area (Å²) in [7, 11) is 0. The Morgan fingerprint density at radius 2 is 1.52 bits per heavy atom. The van der Waals surface area contributed by atoms with Gasteiger partial charge in [0.1, 0.15) is 34.6 Å². The van der Waals surface area contributed by atoms with Gasteiger partial charge in [0.15, 0.2) is 6.29 Å². The molecule has 2 aromatic carbocycles. The van der Waals surface area contributed by atoms with Gasteiger partial charge in [0.25, 0.3) is 6.43 Å². The van der Waals surface area contributed by atoms with Crippen molar-refractivity contribution in [3.05, 3.63) is 76.4 Å². The molecule has 218 valence electrons. The van der Waals surface area contributed by atoms with E-state index in [-0.39, 0.29) is 11.5 Å². The summed E-state index contributed by atoms with van der Waals surface area (Å²) in [6.45, 7) is 2.98. The fraction of sp³-hybridized carbons (Fsp3) is 0.500. The van der Waals surface area contributed by atoms with Crippen LogP contribution in [0.5, 0.6) is 5.75 Å². The number of carbonyl (C=O) groups is 1. The SMILES string of the molecule is CCCC1CCC(C2COC(c3cc(F)c(C(=O)Oc4cc(F)c(CC=CC(F)F)c(F)c4)c(F)c3)OC2)CC1. The van der Waals surface area contributed by atoms with Crippen molar-refractivity contribution in [1.82, 2.24) is 0 Å². The third-order valence-corrected chi connectivity index (χ3v) is 7.65. The molecule has 10 heteroatoms. The molecule has 0 bridgehead atoms. The molecule has 4 rings (SSSR count). The maximum absolute atomic E-state index is 14.8. The normalized spacial score (nSPS) is 23.6. The van der Waals surface area contributed by atoms with Gasteiger partial charge >= 0.3 is 5.97 Å². The Balaban J connectivity index is 1.37. The van der Waals surface area contributed by atoms with Crippen LogP contribution in [0.3, 0.4) is 0 Å². The van der Waals surface area contributed by atoms with E-state index in [0.29, 0.717) is 37.3 Å². The topological polar surface area (TPSA) is 44.8 Å². The van der Waals surface area contributed by atoms with Gasteiger partial charge in [0.2, 0.25) is 0 Å². The minimum Gasteiger partial charge on any atom is -0.423 e. The third-order valence-electron chi connectivity index (χ3n) is 7.65. The van der Waals surface area contributed by atoms with Crippen LogP contribution in [0.25, 0.3) is 0 Å². The Morgan fingerprint density at radius 1 is 0.925 bits per heavy atom. The number of halogens is 6. The molecule has 0 aromatic heterocycles. The zero-order chi connectivity index (χ0) is 28.8. The first-order chi connectivity index (χ1) is 19.2.